The Morgan fingerprint density at radius 1 is 1.23 bits per heavy atom. The van der Waals surface area contributed by atoms with E-state index in [1.807, 2.05) is 36.4 Å². The van der Waals surface area contributed by atoms with E-state index in [2.05, 4.69) is 34.7 Å². The summed E-state index contributed by atoms with van der Waals surface area (Å²) in [6.07, 6.45) is 3.10. The summed E-state index contributed by atoms with van der Waals surface area (Å²) in [5, 5.41) is 5.91. The Morgan fingerprint density at radius 2 is 2.04 bits per heavy atom. The van der Waals surface area contributed by atoms with Crippen LogP contribution in [0.5, 0.6) is 5.75 Å². The molecule has 0 radical (unpaired) electrons. The summed E-state index contributed by atoms with van der Waals surface area (Å²) in [5.74, 6) is 0.826. The molecule has 1 unspecified atom stereocenters. The van der Waals surface area contributed by atoms with Crippen LogP contribution >= 0.6 is 0 Å². The van der Waals surface area contributed by atoms with Crippen LogP contribution in [0.4, 0.5) is 10.5 Å². The number of nitrogens with zero attached hydrogens (tertiary/aromatic N) is 1. The molecule has 0 bridgehead atoms. The molecule has 1 heterocycles. The zero-order chi connectivity index (χ0) is 18.4. The summed E-state index contributed by atoms with van der Waals surface area (Å²) in [6.45, 7) is 1.78. The van der Waals surface area contributed by atoms with E-state index in [9.17, 15) is 4.79 Å². The van der Waals surface area contributed by atoms with Crippen LogP contribution in [-0.2, 0) is 6.42 Å². The number of likely N-dealkylation sites (tertiary alicyclic amines) is 1. The Kier molecular flexibility index (Phi) is 6.12. The summed E-state index contributed by atoms with van der Waals surface area (Å²) < 4.78 is 5.47. The predicted octanol–water partition coefficient (Wildman–Crippen LogP) is 3.50. The van der Waals surface area contributed by atoms with Crippen LogP contribution in [0.2, 0.25) is 0 Å². The average molecular weight is 353 g/mol. The Hall–Kier alpha value is -2.53. The largest absolute Gasteiger partial charge is 0.496 e. The lowest BCUT2D eigenvalue weighted by molar-refractivity contribution is 0.245. The fourth-order valence-electron chi connectivity index (χ4n) is 3.43. The number of carbonyl (C=O) groups is 1. The Morgan fingerprint density at radius 3 is 2.73 bits per heavy atom. The highest BCUT2D eigenvalue weighted by Gasteiger charge is 2.21. The molecule has 3 rings (SSSR count). The summed E-state index contributed by atoms with van der Waals surface area (Å²) in [4.78, 5) is 14.5. The normalized spacial score (nSPS) is 17.1. The van der Waals surface area contributed by atoms with Crippen molar-refractivity contribution in [3.05, 3.63) is 59.7 Å². The Balaban J connectivity index is 1.62. The Labute approximate surface area is 155 Å². The molecule has 0 aromatic heterocycles. The number of nitrogens with one attached hydrogen (secondary N) is 2. The highest BCUT2D eigenvalue weighted by molar-refractivity contribution is 5.89. The average Bonchev–Trinajstić information content (AvgIpc) is 3.06. The maximum absolute atomic E-state index is 12.2. The van der Waals surface area contributed by atoms with Crippen molar-refractivity contribution in [1.29, 1.82) is 0 Å². The molecule has 2 amide bonds. The molecule has 1 aliphatic rings. The summed E-state index contributed by atoms with van der Waals surface area (Å²) in [5.41, 5.74) is 3.03. The highest BCUT2D eigenvalue weighted by Crippen LogP contribution is 2.25. The summed E-state index contributed by atoms with van der Waals surface area (Å²) in [7, 11) is 3.78. The number of methoxy groups -OCH3 is 1. The topological polar surface area (TPSA) is 53.6 Å². The smallest absolute Gasteiger partial charge is 0.319 e. The van der Waals surface area contributed by atoms with Crippen LogP contribution in [0.25, 0.3) is 0 Å². The van der Waals surface area contributed by atoms with E-state index in [1.165, 1.54) is 12.0 Å². The summed E-state index contributed by atoms with van der Waals surface area (Å²) in [6, 6.07) is 16.3. The van der Waals surface area contributed by atoms with E-state index >= 15 is 0 Å². The minimum absolute atomic E-state index is 0.166. The first-order valence-electron chi connectivity index (χ1n) is 9.11. The minimum Gasteiger partial charge on any atom is -0.496 e. The van der Waals surface area contributed by atoms with E-state index in [4.69, 9.17) is 4.74 Å². The first-order chi connectivity index (χ1) is 12.7. The molecule has 2 aromatic rings. The predicted molar refractivity (Wildman–Crippen MR) is 105 cm³/mol. The molecule has 0 spiro atoms. The zero-order valence-electron chi connectivity index (χ0n) is 15.5. The van der Waals surface area contributed by atoms with E-state index < -0.39 is 0 Å². The third-order valence-electron chi connectivity index (χ3n) is 4.95. The van der Waals surface area contributed by atoms with Crippen molar-refractivity contribution in [2.75, 3.05) is 32.6 Å². The van der Waals surface area contributed by atoms with Gasteiger partial charge in [0.1, 0.15) is 5.75 Å². The van der Waals surface area contributed by atoms with Gasteiger partial charge < -0.3 is 20.3 Å². The van der Waals surface area contributed by atoms with Crippen LogP contribution in [0.3, 0.4) is 0 Å². The van der Waals surface area contributed by atoms with Gasteiger partial charge in [0.2, 0.25) is 0 Å². The van der Waals surface area contributed by atoms with Gasteiger partial charge in [-0.1, -0.05) is 30.3 Å². The van der Waals surface area contributed by atoms with Gasteiger partial charge in [-0.25, -0.2) is 4.79 Å². The SMILES string of the molecule is COc1ccc(NC(=O)NCC2CCCN2C)cc1Cc1ccccc1. The number of anilines is 1. The first-order valence-corrected chi connectivity index (χ1v) is 9.11. The van der Waals surface area contributed by atoms with Crippen molar-refractivity contribution < 1.29 is 9.53 Å². The van der Waals surface area contributed by atoms with Crippen molar-refractivity contribution in [3.63, 3.8) is 0 Å². The van der Waals surface area contributed by atoms with Gasteiger partial charge in [-0.2, -0.15) is 0 Å². The number of rotatable bonds is 6. The number of urea groups is 1. The Bertz CT molecular complexity index is 733. The first kappa shape index (κ1) is 18.3. The molecule has 1 atom stereocenters. The second kappa shape index (κ2) is 8.72. The van der Waals surface area contributed by atoms with Gasteiger partial charge in [-0.05, 0) is 50.2 Å². The third kappa shape index (κ3) is 4.76. The molecule has 5 nitrogen and oxygen atoms in total. The molecule has 5 heteroatoms. The van der Waals surface area contributed by atoms with Crippen LogP contribution in [0, 0.1) is 0 Å². The lowest BCUT2D eigenvalue weighted by Crippen LogP contribution is -2.40. The van der Waals surface area contributed by atoms with Gasteiger partial charge in [0, 0.05) is 30.3 Å². The molecule has 0 aliphatic carbocycles. The van der Waals surface area contributed by atoms with E-state index in [-0.39, 0.29) is 6.03 Å². The number of hydrogen-bond acceptors (Lipinski definition) is 3. The second-order valence-electron chi connectivity index (χ2n) is 6.80. The molecule has 0 saturated carbocycles. The van der Waals surface area contributed by atoms with Gasteiger partial charge in [-0.15, -0.1) is 0 Å². The van der Waals surface area contributed by atoms with Crippen molar-refractivity contribution in [3.8, 4) is 5.75 Å². The molecule has 26 heavy (non-hydrogen) atoms. The van der Waals surface area contributed by atoms with Gasteiger partial charge in [0.05, 0.1) is 7.11 Å². The van der Waals surface area contributed by atoms with Crippen molar-refractivity contribution in [1.82, 2.24) is 10.2 Å². The van der Waals surface area contributed by atoms with Crippen LogP contribution in [-0.4, -0.2) is 44.2 Å². The van der Waals surface area contributed by atoms with E-state index in [1.54, 1.807) is 7.11 Å². The third-order valence-corrected chi connectivity index (χ3v) is 4.95. The molecule has 1 saturated heterocycles. The minimum atomic E-state index is -0.166. The van der Waals surface area contributed by atoms with E-state index in [0.29, 0.717) is 12.6 Å². The van der Waals surface area contributed by atoms with Crippen molar-refractivity contribution >= 4 is 11.7 Å². The highest BCUT2D eigenvalue weighted by atomic mass is 16.5. The van der Waals surface area contributed by atoms with Gasteiger partial charge >= 0.3 is 6.03 Å². The molecule has 2 aromatic carbocycles. The maximum Gasteiger partial charge on any atom is 0.319 e. The number of amides is 2. The molecule has 2 N–H and O–H groups in total. The molecular weight excluding hydrogens is 326 g/mol. The number of hydrogen-bond donors (Lipinski definition) is 2. The number of ether oxygens (including phenoxy) is 1. The lowest BCUT2D eigenvalue weighted by Gasteiger charge is -2.20. The molecular formula is C21H27N3O2. The zero-order valence-corrected chi connectivity index (χ0v) is 15.5. The molecule has 1 fully saturated rings. The van der Waals surface area contributed by atoms with Gasteiger partial charge in [0.25, 0.3) is 0 Å². The second-order valence-corrected chi connectivity index (χ2v) is 6.80. The van der Waals surface area contributed by atoms with Gasteiger partial charge in [-0.3, -0.25) is 0 Å². The number of benzene rings is 2. The fourth-order valence-corrected chi connectivity index (χ4v) is 3.43. The lowest BCUT2D eigenvalue weighted by atomic mass is 10.0. The van der Waals surface area contributed by atoms with Crippen molar-refractivity contribution in [2.45, 2.75) is 25.3 Å². The molecule has 138 valence electrons. The summed E-state index contributed by atoms with van der Waals surface area (Å²) >= 11 is 0. The number of likely N-dealkylation sites (N-methyl/N-ethyl adjacent to an activating group) is 1. The fraction of sp³-hybridized carbons (Fsp3) is 0.381. The maximum atomic E-state index is 12.2. The quantitative estimate of drug-likeness (QED) is 0.836. The van der Waals surface area contributed by atoms with E-state index in [0.717, 1.165) is 36.4 Å². The molecule has 1 aliphatic heterocycles. The van der Waals surface area contributed by atoms with Gasteiger partial charge in [0.15, 0.2) is 0 Å². The van der Waals surface area contributed by atoms with Crippen LogP contribution in [0.15, 0.2) is 48.5 Å². The number of carbonyl (C=O) groups excluding carboxylic acids is 1. The van der Waals surface area contributed by atoms with Crippen LogP contribution in [0.1, 0.15) is 24.0 Å². The van der Waals surface area contributed by atoms with Crippen LogP contribution < -0.4 is 15.4 Å². The standard InChI is InChI=1S/C21H27N3O2/c1-24-12-6-9-19(24)15-22-21(25)23-18-10-11-20(26-2)17(14-18)13-16-7-4-3-5-8-16/h3-5,7-8,10-11,14,19H,6,9,12-13,15H2,1-2H3,(H2,22,23,25). The monoisotopic (exact) mass is 353 g/mol. The van der Waals surface area contributed by atoms with Crippen molar-refractivity contribution in [2.24, 2.45) is 0 Å².